The number of rotatable bonds is 4. The third-order valence-corrected chi connectivity index (χ3v) is 5.19. The number of H-pyrrole nitrogens is 1. The molecule has 2 rings (SSSR count). The van der Waals surface area contributed by atoms with Gasteiger partial charge in [0.2, 0.25) is 0 Å². The topological polar surface area (TPSA) is 78.1 Å². The largest absolute Gasteiger partial charge is 0.332 e. The molecule has 0 bridgehead atoms. The number of imidazole rings is 1. The molecular weight excluding hydrogens is 264 g/mol. The number of piperidine rings is 1. The average molecular weight is 286 g/mol. The summed E-state index contributed by atoms with van der Waals surface area (Å²) in [5, 5.41) is 0.163. The molecule has 2 heterocycles. The Morgan fingerprint density at radius 2 is 2.32 bits per heavy atom. The molecule has 2 unspecified atom stereocenters. The van der Waals surface area contributed by atoms with E-state index in [0.29, 0.717) is 18.3 Å². The van der Waals surface area contributed by atoms with Gasteiger partial charge in [0.25, 0.3) is 10.0 Å². The van der Waals surface area contributed by atoms with Gasteiger partial charge in [-0.2, -0.15) is 0 Å². The van der Waals surface area contributed by atoms with E-state index in [1.807, 2.05) is 6.92 Å². The fraction of sp³-hybridized carbons (Fsp3) is 0.750. The van der Waals surface area contributed by atoms with Crippen LogP contribution >= 0.6 is 0 Å². The van der Waals surface area contributed by atoms with Crippen LogP contribution in [-0.2, 0) is 16.4 Å². The van der Waals surface area contributed by atoms with E-state index in [1.165, 1.54) is 6.20 Å². The third kappa shape index (κ3) is 3.34. The summed E-state index contributed by atoms with van der Waals surface area (Å²) >= 11 is 0. The summed E-state index contributed by atoms with van der Waals surface area (Å²) in [7, 11) is -1.41. The molecule has 108 valence electrons. The lowest BCUT2D eigenvalue weighted by molar-refractivity contribution is 0.178. The zero-order valence-electron chi connectivity index (χ0n) is 11.7. The number of nitrogens with one attached hydrogen (secondary N) is 2. The smallest absolute Gasteiger partial charge is 0.257 e. The summed E-state index contributed by atoms with van der Waals surface area (Å²) in [5.41, 5.74) is 0. The fourth-order valence-electron chi connectivity index (χ4n) is 2.34. The first-order valence-electron chi connectivity index (χ1n) is 6.69. The summed E-state index contributed by atoms with van der Waals surface area (Å²) in [5.74, 6) is 0.692. The summed E-state index contributed by atoms with van der Waals surface area (Å²) in [4.78, 5) is 9.13. The Kier molecular flexibility index (Phi) is 4.27. The van der Waals surface area contributed by atoms with Crippen molar-refractivity contribution in [1.82, 2.24) is 19.6 Å². The Morgan fingerprint density at radius 1 is 1.58 bits per heavy atom. The van der Waals surface area contributed by atoms with Gasteiger partial charge in [-0.05, 0) is 33.4 Å². The van der Waals surface area contributed by atoms with Crippen molar-refractivity contribution >= 4 is 10.0 Å². The van der Waals surface area contributed by atoms with E-state index >= 15 is 0 Å². The van der Waals surface area contributed by atoms with E-state index in [-0.39, 0.29) is 11.1 Å². The Bertz CT molecular complexity index is 526. The second-order valence-electron chi connectivity index (χ2n) is 5.22. The van der Waals surface area contributed by atoms with Crippen LogP contribution in [-0.4, -0.2) is 49.0 Å². The molecule has 7 heteroatoms. The molecule has 0 aliphatic carbocycles. The zero-order valence-corrected chi connectivity index (χ0v) is 12.5. The van der Waals surface area contributed by atoms with E-state index in [4.69, 9.17) is 0 Å². The molecule has 2 atom stereocenters. The first kappa shape index (κ1) is 14.5. The molecule has 2 N–H and O–H groups in total. The van der Waals surface area contributed by atoms with Crippen molar-refractivity contribution in [2.75, 3.05) is 13.6 Å². The van der Waals surface area contributed by atoms with Gasteiger partial charge in [-0.15, -0.1) is 0 Å². The minimum atomic E-state index is -3.48. The van der Waals surface area contributed by atoms with E-state index in [1.54, 1.807) is 0 Å². The number of hydrogen-bond donors (Lipinski definition) is 2. The third-order valence-electron chi connectivity index (χ3n) is 3.76. The molecule has 1 aromatic rings. The van der Waals surface area contributed by atoms with E-state index < -0.39 is 10.0 Å². The summed E-state index contributed by atoms with van der Waals surface area (Å²) < 4.78 is 27.2. The quantitative estimate of drug-likeness (QED) is 0.855. The lowest BCUT2D eigenvalue weighted by Gasteiger charge is -2.35. The predicted octanol–water partition coefficient (Wildman–Crippen LogP) is 0.733. The standard InChI is InChI=1S/C12H22N4O2S/c1-4-11-13-8-12(14-11)19(17,18)15-10-5-6-16(3)9(2)7-10/h8-10,15H,4-7H2,1-3H3,(H,13,14). The van der Waals surface area contributed by atoms with Crippen LogP contribution in [0.1, 0.15) is 32.5 Å². The summed E-state index contributed by atoms with van der Waals surface area (Å²) in [6.45, 7) is 4.96. The first-order valence-corrected chi connectivity index (χ1v) is 8.17. The summed E-state index contributed by atoms with van der Waals surface area (Å²) in [6.07, 6.45) is 3.76. The van der Waals surface area contributed by atoms with Crippen LogP contribution in [0.25, 0.3) is 0 Å². The molecule has 19 heavy (non-hydrogen) atoms. The molecule has 0 aromatic carbocycles. The number of aryl methyl sites for hydroxylation is 1. The number of likely N-dealkylation sites (tertiary alicyclic amines) is 1. The Hall–Kier alpha value is -0.920. The highest BCUT2D eigenvalue weighted by Gasteiger charge is 2.27. The van der Waals surface area contributed by atoms with Crippen molar-refractivity contribution in [2.24, 2.45) is 0 Å². The van der Waals surface area contributed by atoms with Crippen LogP contribution in [0.3, 0.4) is 0 Å². The molecule has 1 saturated heterocycles. The van der Waals surface area contributed by atoms with Gasteiger partial charge in [0, 0.05) is 18.5 Å². The van der Waals surface area contributed by atoms with Gasteiger partial charge in [0.1, 0.15) is 5.82 Å². The zero-order chi connectivity index (χ0) is 14.0. The van der Waals surface area contributed by atoms with Crippen LogP contribution in [0.2, 0.25) is 0 Å². The number of nitrogens with zero attached hydrogens (tertiary/aromatic N) is 2. The Balaban J connectivity index is 2.05. The monoisotopic (exact) mass is 286 g/mol. The number of aromatic nitrogens is 2. The lowest BCUT2D eigenvalue weighted by atomic mass is 10.0. The van der Waals surface area contributed by atoms with E-state index in [0.717, 1.165) is 19.4 Å². The highest BCUT2D eigenvalue weighted by atomic mass is 32.2. The highest BCUT2D eigenvalue weighted by Crippen LogP contribution is 2.17. The number of hydrogen-bond acceptors (Lipinski definition) is 4. The van der Waals surface area contributed by atoms with Gasteiger partial charge in [-0.3, -0.25) is 0 Å². The Labute approximate surface area is 114 Å². The average Bonchev–Trinajstić information content (AvgIpc) is 2.83. The van der Waals surface area contributed by atoms with Gasteiger partial charge in [0.15, 0.2) is 5.03 Å². The van der Waals surface area contributed by atoms with E-state index in [9.17, 15) is 8.42 Å². The number of aromatic amines is 1. The molecule has 0 saturated carbocycles. The number of sulfonamides is 1. The van der Waals surface area contributed by atoms with Crippen molar-refractivity contribution in [3.63, 3.8) is 0 Å². The lowest BCUT2D eigenvalue weighted by Crippen LogP contribution is -2.47. The second kappa shape index (κ2) is 5.60. The fourth-order valence-corrected chi connectivity index (χ4v) is 3.56. The van der Waals surface area contributed by atoms with Crippen LogP contribution in [0.15, 0.2) is 11.2 Å². The maximum atomic E-state index is 12.2. The van der Waals surface area contributed by atoms with Crippen molar-refractivity contribution in [2.45, 2.75) is 50.2 Å². The van der Waals surface area contributed by atoms with Crippen molar-refractivity contribution in [3.05, 3.63) is 12.0 Å². The molecule has 1 aromatic heterocycles. The first-order chi connectivity index (χ1) is 8.92. The van der Waals surface area contributed by atoms with Gasteiger partial charge in [-0.25, -0.2) is 18.1 Å². The molecule has 0 spiro atoms. The maximum absolute atomic E-state index is 12.2. The van der Waals surface area contributed by atoms with Gasteiger partial charge < -0.3 is 9.88 Å². The normalized spacial score (nSPS) is 25.6. The molecule has 0 amide bonds. The van der Waals surface area contributed by atoms with Crippen LogP contribution in [0, 0.1) is 0 Å². The SMILES string of the molecule is CCc1ncc(S(=O)(=O)NC2CCN(C)C(C)C2)[nH]1. The van der Waals surface area contributed by atoms with Crippen LogP contribution < -0.4 is 4.72 Å². The highest BCUT2D eigenvalue weighted by molar-refractivity contribution is 7.89. The molecule has 6 nitrogen and oxygen atoms in total. The molecule has 1 fully saturated rings. The Morgan fingerprint density at radius 3 is 2.89 bits per heavy atom. The van der Waals surface area contributed by atoms with Crippen molar-refractivity contribution in [1.29, 1.82) is 0 Å². The molecule has 1 aliphatic rings. The van der Waals surface area contributed by atoms with Gasteiger partial charge in [-0.1, -0.05) is 6.92 Å². The second-order valence-corrected chi connectivity index (χ2v) is 6.90. The minimum Gasteiger partial charge on any atom is -0.332 e. The minimum absolute atomic E-state index is 0.00424. The molecule has 0 radical (unpaired) electrons. The molecular formula is C12H22N4O2S. The van der Waals surface area contributed by atoms with Crippen molar-refractivity contribution < 1.29 is 8.42 Å². The van der Waals surface area contributed by atoms with Crippen LogP contribution in [0.5, 0.6) is 0 Å². The van der Waals surface area contributed by atoms with Gasteiger partial charge in [0.05, 0.1) is 6.20 Å². The maximum Gasteiger partial charge on any atom is 0.257 e. The van der Waals surface area contributed by atoms with Crippen molar-refractivity contribution in [3.8, 4) is 0 Å². The molecule has 1 aliphatic heterocycles. The summed E-state index contributed by atoms with van der Waals surface area (Å²) in [6, 6.07) is 0.402. The predicted molar refractivity (Wildman–Crippen MR) is 73.4 cm³/mol. The van der Waals surface area contributed by atoms with Crippen LogP contribution in [0.4, 0.5) is 0 Å². The van der Waals surface area contributed by atoms with Gasteiger partial charge >= 0.3 is 0 Å². The van der Waals surface area contributed by atoms with E-state index in [2.05, 4.69) is 33.6 Å².